The van der Waals surface area contributed by atoms with E-state index in [1.807, 2.05) is 0 Å². The van der Waals surface area contributed by atoms with Crippen LogP contribution >= 0.6 is 46.3 Å². The van der Waals surface area contributed by atoms with E-state index in [-0.39, 0.29) is 23.5 Å². The molecule has 0 saturated heterocycles. The summed E-state index contributed by atoms with van der Waals surface area (Å²) in [6, 6.07) is 5.06. The molecule has 0 N–H and O–H groups in total. The largest absolute Gasteiger partial charge is 0.299 e. The van der Waals surface area contributed by atoms with Crippen molar-refractivity contribution in [3.63, 3.8) is 0 Å². The highest BCUT2D eigenvalue weighted by Crippen LogP contribution is 2.24. The SMILES string of the molecule is CC(=O)CSc1nn2c(=O)c(Cc3ccc(Cl)cc3Cl)nnc2s1. The fraction of sp³-hybridized carbons (Fsp3) is 0.214. The lowest BCUT2D eigenvalue weighted by Gasteiger charge is -2.03. The molecule has 2 aromatic heterocycles. The molecule has 24 heavy (non-hydrogen) atoms. The van der Waals surface area contributed by atoms with Gasteiger partial charge in [0, 0.05) is 16.5 Å². The van der Waals surface area contributed by atoms with E-state index in [4.69, 9.17) is 23.2 Å². The summed E-state index contributed by atoms with van der Waals surface area (Å²) in [5.74, 6) is 0.339. The number of fused-ring (bicyclic) bond motifs is 1. The second-order valence-corrected chi connectivity index (χ2v) is 7.94. The number of Topliss-reactive ketones (excluding diaryl/α,β-unsaturated/α-hetero) is 1. The molecule has 0 fully saturated rings. The lowest BCUT2D eigenvalue weighted by molar-refractivity contribution is -0.114. The van der Waals surface area contributed by atoms with Crippen molar-refractivity contribution >= 4 is 57.0 Å². The zero-order valence-corrected chi connectivity index (χ0v) is 15.5. The molecule has 6 nitrogen and oxygen atoms in total. The highest BCUT2D eigenvalue weighted by atomic mass is 35.5. The smallest absolute Gasteiger partial charge is 0.297 e. The van der Waals surface area contributed by atoms with E-state index in [0.717, 1.165) is 5.56 Å². The van der Waals surface area contributed by atoms with Gasteiger partial charge in [0.2, 0.25) is 4.96 Å². The normalized spacial score (nSPS) is 11.1. The molecule has 0 bridgehead atoms. The Morgan fingerprint density at radius 1 is 1.33 bits per heavy atom. The van der Waals surface area contributed by atoms with Gasteiger partial charge in [0.1, 0.15) is 11.5 Å². The molecule has 0 atom stereocenters. The maximum absolute atomic E-state index is 12.5. The number of nitrogens with zero attached hydrogens (tertiary/aromatic N) is 4. The van der Waals surface area contributed by atoms with Crippen LogP contribution in [0.5, 0.6) is 0 Å². The summed E-state index contributed by atoms with van der Waals surface area (Å²) in [6.45, 7) is 1.50. The summed E-state index contributed by atoms with van der Waals surface area (Å²) >= 11 is 14.5. The Morgan fingerprint density at radius 2 is 2.12 bits per heavy atom. The van der Waals surface area contributed by atoms with Crippen molar-refractivity contribution in [3.8, 4) is 0 Å². The second-order valence-electron chi connectivity index (χ2n) is 4.92. The summed E-state index contributed by atoms with van der Waals surface area (Å²) in [7, 11) is 0. The van der Waals surface area contributed by atoms with Crippen LogP contribution in [0, 0.1) is 0 Å². The summed E-state index contributed by atoms with van der Waals surface area (Å²) in [5.41, 5.74) is 0.621. The van der Waals surface area contributed by atoms with Crippen molar-refractivity contribution in [2.24, 2.45) is 0 Å². The molecular formula is C14H10Cl2N4O2S2. The van der Waals surface area contributed by atoms with E-state index in [1.165, 1.54) is 34.5 Å². The van der Waals surface area contributed by atoms with Crippen LogP contribution in [0.2, 0.25) is 10.0 Å². The van der Waals surface area contributed by atoms with E-state index in [1.54, 1.807) is 18.2 Å². The molecule has 0 amide bonds. The summed E-state index contributed by atoms with van der Waals surface area (Å²) < 4.78 is 1.80. The van der Waals surface area contributed by atoms with E-state index < -0.39 is 0 Å². The zero-order chi connectivity index (χ0) is 17.3. The Kier molecular flexibility index (Phi) is 5.19. The topological polar surface area (TPSA) is 77.2 Å². The highest BCUT2D eigenvalue weighted by Gasteiger charge is 2.14. The van der Waals surface area contributed by atoms with E-state index in [0.29, 0.717) is 25.1 Å². The van der Waals surface area contributed by atoms with Crippen LogP contribution in [0.25, 0.3) is 4.96 Å². The van der Waals surface area contributed by atoms with Gasteiger partial charge < -0.3 is 0 Å². The van der Waals surface area contributed by atoms with Gasteiger partial charge in [0.15, 0.2) is 4.34 Å². The maximum atomic E-state index is 12.5. The number of halogens is 2. The highest BCUT2D eigenvalue weighted by molar-refractivity contribution is 8.01. The van der Waals surface area contributed by atoms with Gasteiger partial charge >= 0.3 is 0 Å². The number of rotatable bonds is 5. The average molecular weight is 401 g/mol. The Hall–Kier alpha value is -1.48. The van der Waals surface area contributed by atoms with Gasteiger partial charge in [0.05, 0.1) is 5.75 Å². The van der Waals surface area contributed by atoms with Crippen LogP contribution in [-0.4, -0.2) is 31.3 Å². The number of ketones is 1. The molecule has 0 spiro atoms. The van der Waals surface area contributed by atoms with Crippen LogP contribution in [0.1, 0.15) is 18.2 Å². The van der Waals surface area contributed by atoms with Crippen LogP contribution in [-0.2, 0) is 11.2 Å². The number of thioether (sulfide) groups is 1. The zero-order valence-electron chi connectivity index (χ0n) is 12.3. The molecule has 124 valence electrons. The molecular weight excluding hydrogens is 391 g/mol. The van der Waals surface area contributed by atoms with Crippen molar-refractivity contribution in [1.82, 2.24) is 19.8 Å². The van der Waals surface area contributed by atoms with Gasteiger partial charge in [-0.15, -0.1) is 15.3 Å². The first-order valence-corrected chi connectivity index (χ1v) is 9.31. The molecule has 10 heteroatoms. The van der Waals surface area contributed by atoms with Gasteiger partial charge in [-0.25, -0.2) is 0 Å². The first-order valence-electron chi connectivity index (χ1n) is 6.75. The van der Waals surface area contributed by atoms with Crippen molar-refractivity contribution in [2.45, 2.75) is 17.7 Å². The number of carbonyl (C=O) groups is 1. The lowest BCUT2D eigenvalue weighted by atomic mass is 10.1. The molecule has 2 heterocycles. The van der Waals surface area contributed by atoms with Gasteiger partial charge in [-0.1, -0.05) is 52.4 Å². The lowest BCUT2D eigenvalue weighted by Crippen LogP contribution is -2.22. The van der Waals surface area contributed by atoms with Crippen molar-refractivity contribution in [1.29, 1.82) is 0 Å². The molecule has 0 aliphatic heterocycles. The first kappa shape index (κ1) is 17.3. The third kappa shape index (κ3) is 3.77. The van der Waals surface area contributed by atoms with Crippen molar-refractivity contribution in [2.75, 3.05) is 5.75 Å². The van der Waals surface area contributed by atoms with Crippen molar-refractivity contribution < 1.29 is 4.79 Å². The van der Waals surface area contributed by atoms with Gasteiger partial charge in [-0.05, 0) is 24.6 Å². The second kappa shape index (κ2) is 7.18. The van der Waals surface area contributed by atoms with E-state index in [2.05, 4.69) is 15.3 Å². The average Bonchev–Trinajstić information content (AvgIpc) is 2.94. The van der Waals surface area contributed by atoms with E-state index >= 15 is 0 Å². The molecule has 0 aliphatic carbocycles. The molecule has 0 aliphatic rings. The van der Waals surface area contributed by atoms with Gasteiger partial charge in [-0.2, -0.15) is 4.52 Å². The monoisotopic (exact) mass is 400 g/mol. The number of hydrogen-bond acceptors (Lipinski definition) is 7. The Bertz CT molecular complexity index is 987. The minimum Gasteiger partial charge on any atom is -0.299 e. The standard InChI is InChI=1S/C14H10Cl2N4O2S2/c1-7(21)6-23-14-19-20-12(22)11(17-18-13(20)24-14)4-8-2-3-9(15)5-10(8)16/h2-3,5H,4,6H2,1H3. The Balaban J connectivity index is 1.93. The first-order chi connectivity index (χ1) is 11.4. The quantitative estimate of drug-likeness (QED) is 0.612. The summed E-state index contributed by atoms with van der Waals surface area (Å²) in [6.07, 6.45) is 0.234. The molecule has 3 rings (SSSR count). The molecule has 0 radical (unpaired) electrons. The summed E-state index contributed by atoms with van der Waals surface area (Å²) in [5, 5.41) is 13.2. The maximum Gasteiger partial charge on any atom is 0.297 e. The number of aromatic nitrogens is 4. The minimum atomic E-state index is -0.350. The van der Waals surface area contributed by atoms with Crippen LogP contribution < -0.4 is 5.56 Å². The van der Waals surface area contributed by atoms with Crippen LogP contribution in [0.15, 0.2) is 27.3 Å². The van der Waals surface area contributed by atoms with Crippen molar-refractivity contribution in [3.05, 3.63) is 49.9 Å². The minimum absolute atomic E-state index is 0.0377. The van der Waals surface area contributed by atoms with E-state index in [9.17, 15) is 9.59 Å². The Labute approximate surface area is 154 Å². The number of carbonyl (C=O) groups excluding carboxylic acids is 1. The fourth-order valence-electron chi connectivity index (χ4n) is 1.91. The van der Waals surface area contributed by atoms with Gasteiger partial charge in [-0.3, -0.25) is 9.59 Å². The third-order valence-electron chi connectivity index (χ3n) is 3.01. The number of hydrogen-bond donors (Lipinski definition) is 0. The predicted octanol–water partition coefficient (Wildman–Crippen LogP) is 3.12. The number of benzene rings is 1. The molecule has 0 saturated carbocycles. The summed E-state index contributed by atoms with van der Waals surface area (Å²) in [4.78, 5) is 24.0. The predicted molar refractivity (Wildman–Crippen MR) is 95.6 cm³/mol. The fourth-order valence-corrected chi connectivity index (χ4v) is 4.06. The molecule has 3 aromatic rings. The molecule has 1 aromatic carbocycles. The van der Waals surface area contributed by atoms with Gasteiger partial charge in [0.25, 0.3) is 5.56 Å². The Morgan fingerprint density at radius 3 is 2.83 bits per heavy atom. The third-order valence-corrected chi connectivity index (χ3v) is 5.77. The molecule has 0 unspecified atom stereocenters. The van der Waals surface area contributed by atoms with Crippen LogP contribution in [0.3, 0.4) is 0 Å². The van der Waals surface area contributed by atoms with Crippen LogP contribution in [0.4, 0.5) is 0 Å².